The lowest BCUT2D eigenvalue weighted by molar-refractivity contribution is 0.374. The SMILES string of the molecule is C=C(C)C=CCC(C)CCCC(C)CCCCC(C)CCCC(C)CCCC(C)C. The van der Waals surface area contributed by atoms with Gasteiger partial charge in [-0.2, -0.15) is 0 Å². The van der Waals surface area contributed by atoms with Gasteiger partial charge in [0, 0.05) is 0 Å². The van der Waals surface area contributed by atoms with Crippen LogP contribution in [0.25, 0.3) is 0 Å². The van der Waals surface area contributed by atoms with Crippen LogP contribution in [0, 0.1) is 29.6 Å². The maximum atomic E-state index is 3.93. The predicted octanol–water partition coefficient (Wildman–Crippen LogP) is 10.8. The normalized spacial score (nSPS) is 16.1. The van der Waals surface area contributed by atoms with Crippen molar-refractivity contribution in [2.75, 3.05) is 0 Å². The molecule has 0 aromatic carbocycles. The Bertz CT molecular complexity index is 416. The second kappa shape index (κ2) is 19.2. The Kier molecular flexibility index (Phi) is 18.9. The molecule has 0 heteroatoms. The summed E-state index contributed by atoms with van der Waals surface area (Å²) in [6.07, 6.45) is 24.2. The summed E-state index contributed by atoms with van der Waals surface area (Å²) in [4.78, 5) is 0. The van der Waals surface area contributed by atoms with Crippen LogP contribution in [0.1, 0.15) is 138 Å². The minimum absolute atomic E-state index is 0.812. The Hall–Kier alpha value is -0.520. The topological polar surface area (TPSA) is 0 Å². The van der Waals surface area contributed by atoms with Gasteiger partial charge in [-0.3, -0.25) is 0 Å². The van der Waals surface area contributed by atoms with Gasteiger partial charge in [0.05, 0.1) is 0 Å². The molecule has 0 heterocycles. The lowest BCUT2D eigenvalue weighted by atomic mass is 9.90. The first-order chi connectivity index (χ1) is 14.2. The first kappa shape index (κ1) is 29.5. The van der Waals surface area contributed by atoms with E-state index in [1.165, 1.54) is 89.9 Å². The zero-order chi connectivity index (χ0) is 22.8. The van der Waals surface area contributed by atoms with Gasteiger partial charge in [-0.1, -0.05) is 149 Å². The quantitative estimate of drug-likeness (QED) is 0.136. The van der Waals surface area contributed by atoms with Crippen molar-refractivity contribution < 1.29 is 0 Å². The molecule has 0 saturated heterocycles. The molecule has 0 amide bonds. The van der Waals surface area contributed by atoms with Crippen molar-refractivity contribution in [1.82, 2.24) is 0 Å². The van der Waals surface area contributed by atoms with Crippen LogP contribution >= 0.6 is 0 Å². The number of hydrogen-bond donors (Lipinski definition) is 0. The van der Waals surface area contributed by atoms with Crippen LogP contribution in [0.3, 0.4) is 0 Å². The average Bonchev–Trinajstić information content (AvgIpc) is 2.64. The molecule has 178 valence electrons. The zero-order valence-electron chi connectivity index (χ0n) is 22.1. The van der Waals surface area contributed by atoms with E-state index in [1.54, 1.807) is 0 Å². The van der Waals surface area contributed by atoms with Crippen molar-refractivity contribution in [2.24, 2.45) is 29.6 Å². The van der Waals surface area contributed by atoms with Crippen LogP contribution < -0.4 is 0 Å². The highest BCUT2D eigenvalue weighted by Gasteiger charge is 2.08. The summed E-state index contributed by atoms with van der Waals surface area (Å²) >= 11 is 0. The lowest BCUT2D eigenvalue weighted by Crippen LogP contribution is -2.01. The van der Waals surface area contributed by atoms with Gasteiger partial charge in [0.1, 0.15) is 0 Å². The highest BCUT2D eigenvalue weighted by molar-refractivity contribution is 5.10. The Morgan fingerprint density at radius 1 is 0.567 bits per heavy atom. The van der Waals surface area contributed by atoms with Gasteiger partial charge in [0.25, 0.3) is 0 Å². The van der Waals surface area contributed by atoms with E-state index in [1.807, 2.05) is 0 Å². The van der Waals surface area contributed by atoms with E-state index in [4.69, 9.17) is 0 Å². The molecule has 30 heavy (non-hydrogen) atoms. The molecule has 4 unspecified atom stereocenters. The van der Waals surface area contributed by atoms with Gasteiger partial charge in [-0.05, 0) is 42.9 Å². The van der Waals surface area contributed by atoms with E-state index < -0.39 is 0 Å². The molecule has 0 fully saturated rings. The van der Waals surface area contributed by atoms with Crippen LogP contribution in [0.2, 0.25) is 0 Å². The Morgan fingerprint density at radius 2 is 0.933 bits per heavy atom. The van der Waals surface area contributed by atoms with Crippen molar-refractivity contribution in [1.29, 1.82) is 0 Å². The molecule has 0 aliphatic carbocycles. The van der Waals surface area contributed by atoms with Crippen LogP contribution in [-0.4, -0.2) is 0 Å². The molecular formula is C30H58. The molecule has 0 nitrogen and oxygen atoms in total. The third-order valence-corrected chi connectivity index (χ3v) is 6.85. The van der Waals surface area contributed by atoms with Gasteiger partial charge in [0.15, 0.2) is 0 Å². The van der Waals surface area contributed by atoms with Gasteiger partial charge < -0.3 is 0 Å². The number of hydrogen-bond acceptors (Lipinski definition) is 0. The summed E-state index contributed by atoms with van der Waals surface area (Å²) in [5.74, 6) is 4.45. The molecule has 0 aromatic heterocycles. The standard InChI is InChI=1S/C30H58/c1-25(2)15-11-19-29(7)23-13-21-27(5)17-9-10-18-28(6)22-14-24-30(8)20-12-16-26(3)4/h11,15,26-30H,1,9-10,12-14,16-24H2,2-8H3. The molecule has 0 rings (SSSR count). The molecule has 0 aromatic rings. The van der Waals surface area contributed by atoms with Crippen molar-refractivity contribution in [3.8, 4) is 0 Å². The van der Waals surface area contributed by atoms with E-state index >= 15 is 0 Å². The fourth-order valence-electron chi connectivity index (χ4n) is 4.54. The highest BCUT2D eigenvalue weighted by atomic mass is 14.1. The molecule has 0 radical (unpaired) electrons. The van der Waals surface area contributed by atoms with E-state index in [-0.39, 0.29) is 0 Å². The smallest absolute Gasteiger partial charge is 0.0322 e. The largest absolute Gasteiger partial charge is 0.0961 e. The highest BCUT2D eigenvalue weighted by Crippen LogP contribution is 2.23. The predicted molar refractivity (Wildman–Crippen MR) is 140 cm³/mol. The monoisotopic (exact) mass is 418 g/mol. The molecular weight excluding hydrogens is 360 g/mol. The van der Waals surface area contributed by atoms with Crippen molar-refractivity contribution >= 4 is 0 Å². The number of rotatable bonds is 20. The third kappa shape index (κ3) is 20.7. The number of allylic oxidation sites excluding steroid dienone is 3. The van der Waals surface area contributed by atoms with Crippen molar-refractivity contribution in [3.05, 3.63) is 24.3 Å². The van der Waals surface area contributed by atoms with Gasteiger partial charge in [0.2, 0.25) is 0 Å². The van der Waals surface area contributed by atoms with E-state index in [2.05, 4.69) is 67.2 Å². The first-order valence-corrected chi connectivity index (χ1v) is 13.5. The number of unbranched alkanes of at least 4 members (excludes halogenated alkanes) is 1. The Labute approximate surface area is 192 Å². The minimum atomic E-state index is 0.812. The molecule has 0 spiro atoms. The zero-order valence-corrected chi connectivity index (χ0v) is 22.1. The van der Waals surface area contributed by atoms with Gasteiger partial charge in [-0.15, -0.1) is 0 Å². The summed E-state index contributed by atoms with van der Waals surface area (Å²) in [6, 6.07) is 0. The molecule has 4 atom stereocenters. The lowest BCUT2D eigenvalue weighted by Gasteiger charge is -2.16. The molecule has 0 bridgehead atoms. The van der Waals surface area contributed by atoms with E-state index in [0.29, 0.717) is 0 Å². The summed E-state index contributed by atoms with van der Waals surface area (Å²) in [5, 5.41) is 0. The first-order valence-electron chi connectivity index (χ1n) is 13.5. The maximum Gasteiger partial charge on any atom is -0.0322 e. The van der Waals surface area contributed by atoms with Crippen molar-refractivity contribution in [2.45, 2.75) is 138 Å². The molecule has 0 aliphatic heterocycles. The Morgan fingerprint density at radius 3 is 1.33 bits per heavy atom. The van der Waals surface area contributed by atoms with Crippen LogP contribution in [0.5, 0.6) is 0 Å². The summed E-state index contributed by atoms with van der Waals surface area (Å²) in [5.41, 5.74) is 1.16. The summed E-state index contributed by atoms with van der Waals surface area (Å²) in [7, 11) is 0. The fourth-order valence-corrected chi connectivity index (χ4v) is 4.54. The van der Waals surface area contributed by atoms with Crippen LogP contribution in [0.4, 0.5) is 0 Å². The van der Waals surface area contributed by atoms with Gasteiger partial charge >= 0.3 is 0 Å². The summed E-state index contributed by atoms with van der Waals surface area (Å²) < 4.78 is 0. The van der Waals surface area contributed by atoms with Gasteiger partial charge in [-0.25, -0.2) is 0 Å². The van der Waals surface area contributed by atoms with E-state index in [9.17, 15) is 0 Å². The Balaban J connectivity index is 3.59. The third-order valence-electron chi connectivity index (χ3n) is 6.85. The molecule has 0 saturated carbocycles. The molecule has 0 N–H and O–H groups in total. The minimum Gasteiger partial charge on any atom is -0.0961 e. The van der Waals surface area contributed by atoms with Crippen LogP contribution in [-0.2, 0) is 0 Å². The van der Waals surface area contributed by atoms with E-state index in [0.717, 1.165) is 35.2 Å². The second-order valence-electron chi connectivity index (χ2n) is 11.4. The maximum absolute atomic E-state index is 3.93. The molecule has 0 aliphatic rings. The average molecular weight is 419 g/mol. The van der Waals surface area contributed by atoms with Crippen molar-refractivity contribution in [3.63, 3.8) is 0 Å². The summed E-state index contributed by atoms with van der Waals surface area (Å²) in [6.45, 7) is 20.5. The fraction of sp³-hybridized carbons (Fsp3) is 0.867. The second-order valence-corrected chi connectivity index (χ2v) is 11.4. The van der Waals surface area contributed by atoms with Crippen LogP contribution in [0.15, 0.2) is 24.3 Å².